The SMILES string of the molecule is C=CC(=O)OCCCCCCOc1ccc(OC(=O)C2CCC(C(=O)Oc3ccc(OC(=O)C4CCC(C(=O)Oc5ccc(OCCCCCCOC(=O)C=C)cc5)CC4)c4sc(-c5cccs5)nc34)CC2)cc1. The van der Waals surface area contributed by atoms with Crippen LogP contribution in [0.5, 0.6) is 34.5 Å². The van der Waals surface area contributed by atoms with Crippen molar-refractivity contribution >= 4 is 68.7 Å². The number of aromatic nitrogens is 1. The van der Waals surface area contributed by atoms with Gasteiger partial charge in [0.2, 0.25) is 0 Å². The highest BCUT2D eigenvalue weighted by molar-refractivity contribution is 7.25. The van der Waals surface area contributed by atoms with Gasteiger partial charge in [-0.1, -0.05) is 19.2 Å². The normalized spacial score (nSPS) is 17.3. The van der Waals surface area contributed by atoms with Crippen molar-refractivity contribution in [3.63, 3.8) is 0 Å². The van der Waals surface area contributed by atoms with Crippen LogP contribution in [0.3, 0.4) is 0 Å². The monoisotopic (exact) mass is 1050 g/mol. The zero-order valence-corrected chi connectivity index (χ0v) is 43.1. The van der Waals surface area contributed by atoms with Gasteiger partial charge in [-0.15, -0.1) is 22.7 Å². The van der Waals surface area contributed by atoms with E-state index in [0.717, 1.165) is 68.4 Å². The molecule has 2 aromatic heterocycles. The fraction of sp³-hybridized carbons (Fsp3) is 0.421. The highest BCUT2D eigenvalue weighted by Gasteiger charge is 2.35. The Morgan fingerprint density at radius 1 is 0.486 bits per heavy atom. The van der Waals surface area contributed by atoms with E-state index >= 15 is 0 Å². The predicted octanol–water partition coefficient (Wildman–Crippen LogP) is 12.0. The molecule has 0 amide bonds. The van der Waals surface area contributed by atoms with E-state index in [1.54, 1.807) is 60.7 Å². The van der Waals surface area contributed by atoms with Crippen LogP contribution in [0.1, 0.15) is 103 Å². The molecule has 2 aliphatic carbocycles. The lowest BCUT2D eigenvalue weighted by Gasteiger charge is -2.26. The van der Waals surface area contributed by atoms with Gasteiger partial charge in [0, 0.05) is 12.2 Å². The van der Waals surface area contributed by atoms with Gasteiger partial charge in [0.25, 0.3) is 0 Å². The molecular formula is C57H63NO14S2. The van der Waals surface area contributed by atoms with Gasteiger partial charge in [0.05, 0.1) is 55.0 Å². The molecule has 0 aliphatic heterocycles. The maximum atomic E-state index is 13.7. The minimum absolute atomic E-state index is 0.261. The van der Waals surface area contributed by atoms with Gasteiger partial charge >= 0.3 is 35.8 Å². The first-order valence-electron chi connectivity index (χ1n) is 25.4. The third-order valence-corrected chi connectivity index (χ3v) is 15.0. The molecule has 0 saturated heterocycles. The molecule has 17 heteroatoms. The number of unbranched alkanes of at least 4 members (excludes halogenated alkanes) is 6. The predicted molar refractivity (Wildman–Crippen MR) is 279 cm³/mol. The lowest BCUT2D eigenvalue weighted by molar-refractivity contribution is -0.145. The second kappa shape index (κ2) is 28.6. The number of thiazole rings is 1. The molecule has 0 unspecified atom stereocenters. The number of carbonyl (C=O) groups excluding carboxylic acids is 6. The van der Waals surface area contributed by atoms with Crippen molar-refractivity contribution in [3.05, 3.63) is 103 Å². The lowest BCUT2D eigenvalue weighted by Crippen LogP contribution is -2.30. The molecule has 3 aromatic carbocycles. The van der Waals surface area contributed by atoms with Crippen molar-refractivity contribution in [2.24, 2.45) is 23.7 Å². The second-order valence-electron chi connectivity index (χ2n) is 18.2. The average molecular weight is 1050 g/mol. The Bertz CT molecular complexity index is 2500. The van der Waals surface area contributed by atoms with Crippen LogP contribution < -0.4 is 28.4 Å². The van der Waals surface area contributed by atoms with Crippen LogP contribution in [0.25, 0.3) is 20.1 Å². The molecule has 7 rings (SSSR count). The molecular weight excluding hydrogens is 987 g/mol. The van der Waals surface area contributed by atoms with E-state index in [2.05, 4.69) is 13.2 Å². The molecule has 0 spiro atoms. The van der Waals surface area contributed by atoms with Gasteiger partial charge in [-0.3, -0.25) is 19.2 Å². The first kappa shape index (κ1) is 54.9. The van der Waals surface area contributed by atoms with Crippen molar-refractivity contribution in [1.29, 1.82) is 0 Å². The number of ether oxygens (including phenoxy) is 8. The summed E-state index contributed by atoms with van der Waals surface area (Å²) in [5.41, 5.74) is 0.412. The van der Waals surface area contributed by atoms with Crippen LogP contribution >= 0.6 is 22.7 Å². The number of nitrogens with zero attached hydrogens (tertiary/aromatic N) is 1. The van der Waals surface area contributed by atoms with Gasteiger partial charge < -0.3 is 37.9 Å². The molecule has 2 aliphatic rings. The molecule has 0 N–H and O–H groups in total. The summed E-state index contributed by atoms with van der Waals surface area (Å²) in [6.07, 6.45) is 13.0. The molecule has 392 valence electrons. The number of hydrogen-bond donors (Lipinski definition) is 0. The van der Waals surface area contributed by atoms with E-state index in [9.17, 15) is 28.8 Å². The van der Waals surface area contributed by atoms with E-state index in [1.165, 1.54) is 22.7 Å². The van der Waals surface area contributed by atoms with Crippen LogP contribution in [-0.4, -0.2) is 67.2 Å². The van der Waals surface area contributed by atoms with Gasteiger partial charge in [0.15, 0.2) is 11.5 Å². The van der Waals surface area contributed by atoms with E-state index in [-0.39, 0.29) is 29.5 Å². The molecule has 2 saturated carbocycles. The van der Waals surface area contributed by atoms with Gasteiger partial charge in [-0.05, 0) is 175 Å². The maximum absolute atomic E-state index is 13.7. The summed E-state index contributed by atoms with van der Waals surface area (Å²) in [5.74, 6) is -1.14. The Morgan fingerprint density at radius 2 is 0.878 bits per heavy atom. The number of hydrogen-bond acceptors (Lipinski definition) is 17. The highest BCUT2D eigenvalue weighted by atomic mass is 32.1. The molecule has 15 nitrogen and oxygen atoms in total. The zero-order valence-electron chi connectivity index (χ0n) is 41.5. The molecule has 0 atom stereocenters. The maximum Gasteiger partial charge on any atom is 0.330 e. The molecule has 0 bridgehead atoms. The van der Waals surface area contributed by atoms with Crippen LogP contribution in [0.15, 0.2) is 103 Å². The number of fused-ring (bicyclic) bond motifs is 1. The van der Waals surface area contributed by atoms with Crippen molar-refractivity contribution < 1.29 is 66.7 Å². The Kier molecular flexibility index (Phi) is 21.2. The standard InChI is InChI=1S/C57H63NO14S2/c1-3-49(59)67-35-11-7-5-9-33-65-42-23-27-44(28-24-42)69-54(61)38-15-19-40(20-16-38)56(63)71-46-31-32-47(52-51(46)58-53(74-52)48-14-13-37-73-48)72-57(64)41-21-17-39(18-22-41)55(62)70-45-29-25-43(26-30-45)66-34-10-6-8-12-36-68-50(60)4-2/h3-4,13-14,23-32,37-41H,1-2,5-12,15-22,33-36H2. The van der Waals surface area contributed by atoms with Crippen molar-refractivity contribution in [3.8, 4) is 44.4 Å². The van der Waals surface area contributed by atoms with Crippen molar-refractivity contribution in [2.45, 2.75) is 103 Å². The van der Waals surface area contributed by atoms with Crippen molar-refractivity contribution in [2.75, 3.05) is 26.4 Å². The number of rotatable bonds is 27. The van der Waals surface area contributed by atoms with E-state index in [1.807, 2.05) is 17.5 Å². The Balaban J connectivity index is 0.836. The summed E-state index contributed by atoms with van der Waals surface area (Å²) < 4.78 is 45.7. The first-order chi connectivity index (χ1) is 36.1. The minimum Gasteiger partial charge on any atom is -0.494 e. The molecule has 2 heterocycles. The lowest BCUT2D eigenvalue weighted by atomic mass is 9.82. The number of esters is 6. The Morgan fingerprint density at radius 3 is 1.30 bits per heavy atom. The summed E-state index contributed by atoms with van der Waals surface area (Å²) >= 11 is 2.87. The number of benzene rings is 3. The first-order valence-corrected chi connectivity index (χ1v) is 27.1. The fourth-order valence-electron chi connectivity index (χ4n) is 8.71. The summed E-state index contributed by atoms with van der Waals surface area (Å²) in [4.78, 5) is 81.6. The van der Waals surface area contributed by atoms with Crippen LogP contribution in [-0.2, 0) is 38.2 Å². The van der Waals surface area contributed by atoms with Crippen LogP contribution in [0, 0.1) is 23.7 Å². The summed E-state index contributed by atoms with van der Waals surface area (Å²) in [6, 6.07) is 21.0. The molecule has 2 fully saturated rings. The van der Waals surface area contributed by atoms with Gasteiger partial charge in [-0.2, -0.15) is 0 Å². The number of thiophene rings is 1. The van der Waals surface area contributed by atoms with Crippen molar-refractivity contribution in [1.82, 2.24) is 4.98 Å². The van der Waals surface area contributed by atoms with Crippen LogP contribution in [0.4, 0.5) is 0 Å². The second-order valence-corrected chi connectivity index (χ2v) is 20.2. The highest BCUT2D eigenvalue weighted by Crippen LogP contribution is 2.43. The summed E-state index contributed by atoms with van der Waals surface area (Å²) in [6.45, 7) is 8.59. The van der Waals surface area contributed by atoms with E-state index in [0.29, 0.717) is 122 Å². The Labute approximate surface area is 439 Å². The molecule has 0 radical (unpaired) electrons. The van der Waals surface area contributed by atoms with Gasteiger partial charge in [0.1, 0.15) is 38.2 Å². The largest absolute Gasteiger partial charge is 0.494 e. The van der Waals surface area contributed by atoms with E-state index < -0.39 is 35.7 Å². The molecule has 74 heavy (non-hydrogen) atoms. The number of carbonyl (C=O) groups is 6. The van der Waals surface area contributed by atoms with Gasteiger partial charge in [-0.25, -0.2) is 14.6 Å². The zero-order chi connectivity index (χ0) is 52.1. The Hall–Kier alpha value is -6.85. The molecule has 5 aromatic rings. The third kappa shape index (κ3) is 16.6. The van der Waals surface area contributed by atoms with Crippen LogP contribution in [0.2, 0.25) is 0 Å². The van der Waals surface area contributed by atoms with E-state index in [4.69, 9.17) is 42.9 Å². The summed E-state index contributed by atoms with van der Waals surface area (Å²) in [7, 11) is 0. The average Bonchev–Trinajstić information content (AvgIpc) is 4.14. The smallest absolute Gasteiger partial charge is 0.330 e. The quantitative estimate of drug-likeness (QED) is 0.0209. The fourth-order valence-corrected chi connectivity index (χ4v) is 10.5. The topological polar surface area (TPSA) is 189 Å². The third-order valence-electron chi connectivity index (χ3n) is 12.9. The minimum atomic E-state index is -0.428. The summed E-state index contributed by atoms with van der Waals surface area (Å²) in [5, 5.41) is 2.64.